The smallest absolute Gasteiger partial charge is 0.354 e. The van der Waals surface area contributed by atoms with Gasteiger partial charge in [-0.3, -0.25) is 0 Å². The van der Waals surface area contributed by atoms with Gasteiger partial charge in [0.05, 0.1) is 13.2 Å². The summed E-state index contributed by atoms with van der Waals surface area (Å²) >= 11 is 0. The van der Waals surface area contributed by atoms with E-state index in [0.29, 0.717) is 12.2 Å². The minimum Gasteiger partial charge on any atom is -0.464 e. The molecular formula is C17H20N2O2. The highest BCUT2D eigenvalue weighted by molar-refractivity contribution is 5.87. The molecule has 4 nitrogen and oxygen atoms in total. The molecule has 1 aromatic carbocycles. The Morgan fingerprint density at radius 3 is 2.76 bits per heavy atom. The number of hydrogen-bond donors (Lipinski definition) is 1. The summed E-state index contributed by atoms with van der Waals surface area (Å²) < 4.78 is 6.66. The van der Waals surface area contributed by atoms with E-state index < -0.39 is 0 Å². The molecule has 0 bridgehead atoms. The lowest BCUT2D eigenvalue weighted by atomic mass is 10.2. The first-order valence-corrected chi connectivity index (χ1v) is 6.88. The van der Waals surface area contributed by atoms with Crippen molar-refractivity contribution in [2.75, 3.05) is 13.7 Å². The second-order valence-electron chi connectivity index (χ2n) is 4.71. The number of ether oxygens (including phenoxy) is 1. The van der Waals surface area contributed by atoms with Gasteiger partial charge in [-0.1, -0.05) is 36.4 Å². The van der Waals surface area contributed by atoms with E-state index in [0.717, 1.165) is 6.54 Å². The van der Waals surface area contributed by atoms with Gasteiger partial charge in [0.2, 0.25) is 0 Å². The van der Waals surface area contributed by atoms with Crippen LogP contribution in [-0.4, -0.2) is 24.2 Å². The first kappa shape index (κ1) is 15.1. The van der Waals surface area contributed by atoms with Crippen molar-refractivity contribution >= 4 is 5.97 Å². The molecule has 2 aromatic rings. The van der Waals surface area contributed by atoms with Gasteiger partial charge in [-0.05, 0) is 17.7 Å². The van der Waals surface area contributed by atoms with E-state index in [2.05, 4.69) is 24.0 Å². The highest BCUT2D eigenvalue weighted by atomic mass is 16.5. The summed E-state index contributed by atoms with van der Waals surface area (Å²) in [5.74, 6) is -0.338. The molecule has 0 unspecified atom stereocenters. The Kier molecular flexibility index (Phi) is 5.35. The molecule has 0 aliphatic rings. The Labute approximate surface area is 125 Å². The highest BCUT2D eigenvalue weighted by Crippen LogP contribution is 2.14. The molecule has 0 amide bonds. The van der Waals surface area contributed by atoms with E-state index >= 15 is 0 Å². The average Bonchev–Trinajstić information content (AvgIpc) is 3.01. The summed E-state index contributed by atoms with van der Waals surface area (Å²) in [6.07, 6.45) is 3.69. The van der Waals surface area contributed by atoms with Gasteiger partial charge < -0.3 is 14.6 Å². The molecule has 0 fully saturated rings. The third kappa shape index (κ3) is 3.83. The molecule has 110 valence electrons. The largest absolute Gasteiger partial charge is 0.464 e. The van der Waals surface area contributed by atoms with Crippen LogP contribution in [0.3, 0.4) is 0 Å². The van der Waals surface area contributed by atoms with Gasteiger partial charge in [-0.25, -0.2) is 4.79 Å². The Balaban J connectivity index is 1.99. The fourth-order valence-corrected chi connectivity index (χ4v) is 2.22. The Hall–Kier alpha value is -2.33. The second-order valence-corrected chi connectivity index (χ2v) is 4.71. The minimum absolute atomic E-state index is 0.00203. The summed E-state index contributed by atoms with van der Waals surface area (Å²) in [5, 5.41) is 3.38. The number of nitrogens with zero attached hydrogens (tertiary/aromatic N) is 1. The predicted molar refractivity (Wildman–Crippen MR) is 83.2 cm³/mol. The molecule has 1 atom stereocenters. The van der Waals surface area contributed by atoms with Crippen molar-refractivity contribution < 1.29 is 9.53 Å². The zero-order valence-electron chi connectivity index (χ0n) is 12.2. The summed E-state index contributed by atoms with van der Waals surface area (Å²) in [6, 6.07) is 13.8. The van der Waals surface area contributed by atoms with E-state index in [1.807, 2.05) is 41.1 Å². The molecule has 0 saturated heterocycles. The van der Waals surface area contributed by atoms with Crippen molar-refractivity contribution in [2.24, 2.45) is 0 Å². The van der Waals surface area contributed by atoms with Crippen LogP contribution in [0.25, 0.3) is 0 Å². The maximum Gasteiger partial charge on any atom is 0.354 e. The molecular weight excluding hydrogens is 264 g/mol. The van der Waals surface area contributed by atoms with Gasteiger partial charge in [0.15, 0.2) is 0 Å². The van der Waals surface area contributed by atoms with E-state index in [1.165, 1.54) is 12.7 Å². The third-order valence-electron chi connectivity index (χ3n) is 3.33. The van der Waals surface area contributed by atoms with Crippen molar-refractivity contribution in [3.63, 3.8) is 0 Å². The van der Waals surface area contributed by atoms with Gasteiger partial charge in [0, 0.05) is 19.3 Å². The number of hydrogen-bond acceptors (Lipinski definition) is 3. The van der Waals surface area contributed by atoms with Gasteiger partial charge >= 0.3 is 5.97 Å². The van der Waals surface area contributed by atoms with E-state index in [4.69, 9.17) is 4.74 Å². The number of methoxy groups -OCH3 is 1. The van der Waals surface area contributed by atoms with Crippen LogP contribution in [0.1, 0.15) is 22.1 Å². The Morgan fingerprint density at radius 2 is 2.10 bits per heavy atom. The molecule has 1 heterocycles. The number of nitrogens with one attached hydrogen (secondary N) is 1. The van der Waals surface area contributed by atoms with Gasteiger partial charge in [0.1, 0.15) is 5.69 Å². The highest BCUT2D eigenvalue weighted by Gasteiger charge is 2.15. The third-order valence-corrected chi connectivity index (χ3v) is 3.33. The Morgan fingerprint density at radius 1 is 1.33 bits per heavy atom. The lowest BCUT2D eigenvalue weighted by molar-refractivity contribution is 0.0587. The average molecular weight is 284 g/mol. The first-order valence-electron chi connectivity index (χ1n) is 6.88. The van der Waals surface area contributed by atoms with Crippen molar-refractivity contribution in [1.29, 1.82) is 0 Å². The lowest BCUT2D eigenvalue weighted by Gasteiger charge is -2.18. The van der Waals surface area contributed by atoms with E-state index in [-0.39, 0.29) is 12.0 Å². The van der Waals surface area contributed by atoms with Crippen LogP contribution in [0, 0.1) is 0 Å². The molecule has 2 rings (SSSR count). The van der Waals surface area contributed by atoms with Gasteiger partial charge in [-0.2, -0.15) is 0 Å². The number of esters is 1. The quantitative estimate of drug-likeness (QED) is 0.628. The minimum atomic E-state index is -0.338. The fourth-order valence-electron chi connectivity index (χ4n) is 2.22. The molecule has 1 N–H and O–H groups in total. The first-order chi connectivity index (χ1) is 10.3. The molecule has 0 aliphatic carbocycles. The number of benzene rings is 1. The number of rotatable bonds is 7. The van der Waals surface area contributed by atoms with Crippen molar-refractivity contribution in [2.45, 2.75) is 12.6 Å². The zero-order chi connectivity index (χ0) is 15.1. The van der Waals surface area contributed by atoms with Gasteiger partial charge in [0.25, 0.3) is 0 Å². The zero-order valence-corrected chi connectivity index (χ0v) is 12.2. The summed E-state index contributed by atoms with van der Waals surface area (Å²) in [5.41, 5.74) is 1.75. The lowest BCUT2D eigenvalue weighted by Crippen LogP contribution is -2.25. The fraction of sp³-hybridized carbons (Fsp3) is 0.235. The molecule has 4 heteroatoms. The van der Waals surface area contributed by atoms with Crippen LogP contribution in [0.4, 0.5) is 0 Å². The van der Waals surface area contributed by atoms with E-state index in [9.17, 15) is 4.79 Å². The number of carbonyl (C=O) groups is 1. The van der Waals surface area contributed by atoms with Crippen molar-refractivity contribution in [1.82, 2.24) is 9.88 Å². The summed E-state index contributed by atoms with van der Waals surface area (Å²) in [4.78, 5) is 11.7. The predicted octanol–water partition coefficient (Wildman–Crippen LogP) is 2.79. The second kappa shape index (κ2) is 7.45. The number of carbonyl (C=O) groups excluding carboxylic acids is 1. The monoisotopic (exact) mass is 284 g/mol. The molecule has 0 saturated carbocycles. The van der Waals surface area contributed by atoms with Crippen LogP contribution in [-0.2, 0) is 11.3 Å². The van der Waals surface area contributed by atoms with Crippen LogP contribution in [0.15, 0.2) is 61.3 Å². The van der Waals surface area contributed by atoms with Crippen LogP contribution in [0.2, 0.25) is 0 Å². The standard InChI is InChI=1S/C17H20N2O2/c1-3-15(13-18-12-14-8-5-4-6-9-14)19-11-7-10-16(19)17(20)21-2/h3-11,15,18H,1,12-13H2,2H3/t15-/m0/s1. The van der Waals surface area contributed by atoms with E-state index in [1.54, 1.807) is 6.07 Å². The molecule has 1 aromatic heterocycles. The topological polar surface area (TPSA) is 43.3 Å². The number of aromatic nitrogens is 1. The molecule has 0 radical (unpaired) electrons. The van der Waals surface area contributed by atoms with Gasteiger partial charge in [-0.15, -0.1) is 6.58 Å². The molecule has 0 spiro atoms. The Bertz CT molecular complexity index is 590. The van der Waals surface area contributed by atoms with Crippen LogP contribution < -0.4 is 5.32 Å². The normalized spacial score (nSPS) is 11.9. The van der Waals surface area contributed by atoms with Crippen molar-refractivity contribution in [3.05, 3.63) is 72.6 Å². The van der Waals surface area contributed by atoms with Crippen LogP contribution >= 0.6 is 0 Å². The summed E-state index contributed by atoms with van der Waals surface area (Å²) in [7, 11) is 1.39. The molecule has 0 aliphatic heterocycles. The SMILES string of the molecule is C=C[C@@H](CNCc1ccccc1)n1cccc1C(=O)OC. The van der Waals surface area contributed by atoms with Crippen molar-refractivity contribution in [3.8, 4) is 0 Å². The van der Waals surface area contributed by atoms with Crippen LogP contribution in [0.5, 0.6) is 0 Å². The molecule has 21 heavy (non-hydrogen) atoms. The maximum absolute atomic E-state index is 11.7. The summed E-state index contributed by atoms with van der Waals surface area (Å²) in [6.45, 7) is 5.33. The maximum atomic E-state index is 11.7.